The largest absolute Gasteiger partial charge is 0.309 e. The van der Waals surface area contributed by atoms with Crippen LogP contribution in [0.3, 0.4) is 0 Å². The van der Waals surface area contributed by atoms with Crippen LogP contribution in [0.15, 0.2) is 12.1 Å². The maximum atomic E-state index is 3.57. The summed E-state index contributed by atoms with van der Waals surface area (Å²) in [4.78, 5) is 5.40. The van der Waals surface area contributed by atoms with Crippen LogP contribution in [0.5, 0.6) is 0 Å². The van der Waals surface area contributed by atoms with Crippen molar-refractivity contribution in [2.24, 2.45) is 0 Å². The van der Waals surface area contributed by atoms with E-state index in [9.17, 15) is 0 Å². The van der Waals surface area contributed by atoms with Gasteiger partial charge in [-0.2, -0.15) is 0 Å². The lowest BCUT2D eigenvalue weighted by Crippen LogP contribution is -2.18. The standard InChI is InChI=1S/C14H24N2S/c1-3-4-9-16(2)11-14-8-7-13(17-14)10-15-12-5-6-12/h7-8,12,15H,3-6,9-11H2,1-2H3. The van der Waals surface area contributed by atoms with Crippen LogP contribution in [0.2, 0.25) is 0 Å². The Bertz CT molecular complexity index is 331. The maximum absolute atomic E-state index is 3.57. The Morgan fingerprint density at radius 1 is 1.35 bits per heavy atom. The highest BCUT2D eigenvalue weighted by Gasteiger charge is 2.20. The van der Waals surface area contributed by atoms with E-state index in [4.69, 9.17) is 0 Å². The first-order valence-electron chi connectivity index (χ1n) is 6.77. The molecule has 0 radical (unpaired) electrons. The van der Waals surface area contributed by atoms with Gasteiger partial charge < -0.3 is 10.2 Å². The van der Waals surface area contributed by atoms with Gasteiger partial charge in [-0.1, -0.05) is 13.3 Å². The quantitative estimate of drug-likeness (QED) is 0.764. The Hall–Kier alpha value is -0.380. The molecule has 0 unspecified atom stereocenters. The molecule has 0 aliphatic heterocycles. The molecule has 17 heavy (non-hydrogen) atoms. The molecule has 1 fully saturated rings. The Labute approximate surface area is 109 Å². The van der Waals surface area contributed by atoms with Gasteiger partial charge in [-0.05, 0) is 45.0 Å². The lowest BCUT2D eigenvalue weighted by Gasteiger charge is -2.14. The second-order valence-electron chi connectivity index (χ2n) is 5.11. The summed E-state index contributed by atoms with van der Waals surface area (Å²) >= 11 is 1.96. The van der Waals surface area contributed by atoms with E-state index in [1.165, 1.54) is 42.0 Å². The van der Waals surface area contributed by atoms with Gasteiger partial charge in [0.2, 0.25) is 0 Å². The molecule has 1 aromatic heterocycles. The zero-order valence-corrected chi connectivity index (χ0v) is 11.9. The number of unbranched alkanes of at least 4 members (excludes halogenated alkanes) is 1. The molecule has 1 heterocycles. The molecular weight excluding hydrogens is 228 g/mol. The molecule has 0 atom stereocenters. The minimum absolute atomic E-state index is 0.813. The van der Waals surface area contributed by atoms with Crippen LogP contribution in [0.4, 0.5) is 0 Å². The minimum Gasteiger partial charge on any atom is -0.309 e. The molecule has 1 N–H and O–H groups in total. The van der Waals surface area contributed by atoms with Crippen LogP contribution < -0.4 is 5.32 Å². The van der Waals surface area contributed by atoms with E-state index in [0.29, 0.717) is 0 Å². The second-order valence-corrected chi connectivity index (χ2v) is 6.37. The Morgan fingerprint density at radius 3 is 2.82 bits per heavy atom. The fraction of sp³-hybridized carbons (Fsp3) is 0.714. The molecule has 0 spiro atoms. The smallest absolute Gasteiger partial charge is 0.0324 e. The minimum atomic E-state index is 0.813. The van der Waals surface area contributed by atoms with E-state index >= 15 is 0 Å². The summed E-state index contributed by atoms with van der Waals surface area (Å²) in [5.74, 6) is 0. The molecule has 1 aliphatic rings. The van der Waals surface area contributed by atoms with Crippen molar-refractivity contribution in [2.75, 3.05) is 13.6 Å². The van der Waals surface area contributed by atoms with Gasteiger partial charge in [-0.3, -0.25) is 0 Å². The topological polar surface area (TPSA) is 15.3 Å². The Kier molecular flexibility index (Phi) is 5.01. The zero-order chi connectivity index (χ0) is 12.1. The van der Waals surface area contributed by atoms with Crippen molar-refractivity contribution < 1.29 is 0 Å². The molecule has 1 aliphatic carbocycles. The van der Waals surface area contributed by atoms with Crippen molar-refractivity contribution in [3.63, 3.8) is 0 Å². The SMILES string of the molecule is CCCCN(C)Cc1ccc(CNC2CC2)s1. The highest BCUT2D eigenvalue weighted by Crippen LogP contribution is 2.22. The van der Waals surface area contributed by atoms with E-state index in [1.807, 2.05) is 11.3 Å². The van der Waals surface area contributed by atoms with Gasteiger partial charge in [-0.25, -0.2) is 0 Å². The lowest BCUT2D eigenvalue weighted by molar-refractivity contribution is 0.323. The number of hydrogen-bond acceptors (Lipinski definition) is 3. The number of thiophene rings is 1. The van der Waals surface area contributed by atoms with Crippen LogP contribution >= 0.6 is 11.3 Å². The van der Waals surface area contributed by atoms with Crippen LogP contribution in [0, 0.1) is 0 Å². The molecule has 0 amide bonds. The van der Waals surface area contributed by atoms with E-state index in [2.05, 4.69) is 36.3 Å². The van der Waals surface area contributed by atoms with Crippen molar-refractivity contribution in [3.8, 4) is 0 Å². The van der Waals surface area contributed by atoms with E-state index < -0.39 is 0 Å². The van der Waals surface area contributed by atoms with E-state index in [1.54, 1.807) is 0 Å². The van der Waals surface area contributed by atoms with Gasteiger partial charge in [0.05, 0.1) is 0 Å². The van der Waals surface area contributed by atoms with Crippen molar-refractivity contribution in [2.45, 2.75) is 51.7 Å². The number of nitrogens with zero attached hydrogens (tertiary/aromatic N) is 1. The first-order valence-corrected chi connectivity index (χ1v) is 7.59. The molecular formula is C14H24N2S. The fourth-order valence-electron chi connectivity index (χ4n) is 1.91. The van der Waals surface area contributed by atoms with Gasteiger partial charge in [0.1, 0.15) is 0 Å². The summed E-state index contributed by atoms with van der Waals surface area (Å²) in [6.07, 6.45) is 5.33. The highest BCUT2D eigenvalue weighted by atomic mass is 32.1. The zero-order valence-electron chi connectivity index (χ0n) is 11.0. The maximum Gasteiger partial charge on any atom is 0.0324 e. The van der Waals surface area contributed by atoms with Gasteiger partial charge in [0.25, 0.3) is 0 Å². The number of nitrogens with one attached hydrogen (secondary N) is 1. The third-order valence-electron chi connectivity index (χ3n) is 3.18. The summed E-state index contributed by atoms with van der Waals surface area (Å²) in [6, 6.07) is 5.38. The van der Waals surface area contributed by atoms with Crippen LogP contribution in [0.25, 0.3) is 0 Å². The third-order valence-corrected chi connectivity index (χ3v) is 4.25. The van der Waals surface area contributed by atoms with Crippen molar-refractivity contribution in [3.05, 3.63) is 21.9 Å². The molecule has 0 saturated heterocycles. The van der Waals surface area contributed by atoms with Crippen LogP contribution in [-0.4, -0.2) is 24.5 Å². The molecule has 96 valence electrons. The fourth-order valence-corrected chi connectivity index (χ4v) is 2.96. The average molecular weight is 252 g/mol. The van der Waals surface area contributed by atoms with Crippen molar-refractivity contribution >= 4 is 11.3 Å². The first-order chi connectivity index (χ1) is 8.28. The second kappa shape index (κ2) is 6.53. The lowest BCUT2D eigenvalue weighted by atomic mass is 10.3. The monoisotopic (exact) mass is 252 g/mol. The molecule has 1 aromatic rings. The molecule has 1 saturated carbocycles. The van der Waals surface area contributed by atoms with Gasteiger partial charge in [0, 0.05) is 28.9 Å². The van der Waals surface area contributed by atoms with Crippen molar-refractivity contribution in [1.82, 2.24) is 10.2 Å². The molecule has 0 aromatic carbocycles. The molecule has 3 heteroatoms. The number of rotatable bonds is 8. The molecule has 2 nitrogen and oxygen atoms in total. The predicted octanol–water partition coefficient (Wildman–Crippen LogP) is 3.23. The Balaban J connectivity index is 1.72. The molecule has 0 bridgehead atoms. The summed E-state index contributed by atoms with van der Waals surface area (Å²) < 4.78 is 0. The Morgan fingerprint density at radius 2 is 2.12 bits per heavy atom. The highest BCUT2D eigenvalue weighted by molar-refractivity contribution is 7.11. The summed E-state index contributed by atoms with van der Waals surface area (Å²) in [7, 11) is 2.22. The summed E-state index contributed by atoms with van der Waals surface area (Å²) in [5.41, 5.74) is 0. The van der Waals surface area contributed by atoms with E-state index in [0.717, 1.165) is 19.1 Å². The van der Waals surface area contributed by atoms with Crippen LogP contribution in [-0.2, 0) is 13.1 Å². The average Bonchev–Trinajstić information content (AvgIpc) is 3.05. The summed E-state index contributed by atoms with van der Waals surface area (Å²) in [6.45, 7) is 5.63. The summed E-state index contributed by atoms with van der Waals surface area (Å²) in [5, 5.41) is 3.57. The predicted molar refractivity (Wildman–Crippen MR) is 75.4 cm³/mol. The van der Waals surface area contributed by atoms with Crippen LogP contribution in [0.1, 0.15) is 42.4 Å². The first kappa shape index (κ1) is 13.1. The third kappa shape index (κ3) is 4.78. The van der Waals surface area contributed by atoms with Gasteiger partial charge in [0.15, 0.2) is 0 Å². The molecule has 2 rings (SSSR count). The van der Waals surface area contributed by atoms with E-state index in [-0.39, 0.29) is 0 Å². The van der Waals surface area contributed by atoms with Gasteiger partial charge in [-0.15, -0.1) is 11.3 Å². The van der Waals surface area contributed by atoms with Gasteiger partial charge >= 0.3 is 0 Å². The van der Waals surface area contributed by atoms with Crippen molar-refractivity contribution in [1.29, 1.82) is 0 Å². The number of hydrogen-bond donors (Lipinski definition) is 1. The normalized spacial score (nSPS) is 15.7.